The molecule has 0 saturated carbocycles. The summed E-state index contributed by atoms with van der Waals surface area (Å²) in [6.45, 7) is 3.38. The summed E-state index contributed by atoms with van der Waals surface area (Å²) in [5.74, 6) is 0.144. The first kappa shape index (κ1) is 15.7. The van der Waals surface area contributed by atoms with Crippen molar-refractivity contribution in [1.29, 1.82) is 5.26 Å². The monoisotopic (exact) mass is 297 g/mol. The molecule has 0 spiro atoms. The second-order valence-corrected chi connectivity index (χ2v) is 4.91. The van der Waals surface area contributed by atoms with Crippen LogP contribution in [-0.2, 0) is 11.3 Å². The van der Waals surface area contributed by atoms with Crippen molar-refractivity contribution in [3.05, 3.63) is 35.4 Å². The molecule has 6 heteroatoms. The Balaban J connectivity index is 2.28. The Morgan fingerprint density at radius 3 is 2.82 bits per heavy atom. The van der Waals surface area contributed by atoms with Gasteiger partial charge in [0.25, 0.3) is 0 Å². The number of hydrogen-bond donors (Lipinski definition) is 2. The predicted octanol–water partition coefficient (Wildman–Crippen LogP) is 2.50. The summed E-state index contributed by atoms with van der Waals surface area (Å²) in [5.41, 5.74) is 13.8. The Bertz CT molecular complexity index is 693. The number of ether oxygens (including phenoxy) is 1. The van der Waals surface area contributed by atoms with Crippen molar-refractivity contribution < 1.29 is 4.74 Å². The number of nitrogens with two attached hydrogens (primary N) is 2. The molecule has 22 heavy (non-hydrogen) atoms. The standard InChI is InChI=1S/C16H19N5O/c1-2-3-7-22-10-11-5-4-6-12(8-11)14-13(9-17)15(18)21-16(19)20-14/h4-6,8H,2-3,7,10H2,1H3,(H4,18,19,20,21). The van der Waals surface area contributed by atoms with E-state index in [0.29, 0.717) is 12.3 Å². The minimum absolute atomic E-state index is 0.0519. The highest BCUT2D eigenvalue weighted by Gasteiger charge is 2.13. The van der Waals surface area contributed by atoms with E-state index in [4.69, 9.17) is 16.2 Å². The van der Waals surface area contributed by atoms with Gasteiger partial charge in [0, 0.05) is 12.2 Å². The Morgan fingerprint density at radius 2 is 2.09 bits per heavy atom. The van der Waals surface area contributed by atoms with Crippen LogP contribution in [0.3, 0.4) is 0 Å². The molecule has 0 radical (unpaired) electrons. The zero-order valence-electron chi connectivity index (χ0n) is 12.5. The Kier molecular flexibility index (Phi) is 5.28. The summed E-state index contributed by atoms with van der Waals surface area (Å²) < 4.78 is 5.61. The molecule has 1 aromatic carbocycles. The molecule has 114 valence electrons. The summed E-state index contributed by atoms with van der Waals surface area (Å²) in [7, 11) is 0. The smallest absolute Gasteiger partial charge is 0.222 e. The quantitative estimate of drug-likeness (QED) is 0.792. The van der Waals surface area contributed by atoms with E-state index in [0.717, 1.165) is 30.6 Å². The predicted molar refractivity (Wildman–Crippen MR) is 85.6 cm³/mol. The summed E-state index contributed by atoms with van der Waals surface area (Å²) in [6.07, 6.45) is 2.14. The SMILES string of the molecule is CCCCOCc1cccc(-c2nc(N)nc(N)c2C#N)c1. The van der Waals surface area contributed by atoms with E-state index in [-0.39, 0.29) is 17.3 Å². The summed E-state index contributed by atoms with van der Waals surface area (Å²) >= 11 is 0. The van der Waals surface area contributed by atoms with Gasteiger partial charge in [0.1, 0.15) is 17.5 Å². The molecule has 2 rings (SSSR count). The van der Waals surface area contributed by atoms with Gasteiger partial charge in [-0.05, 0) is 18.1 Å². The molecule has 0 unspecified atom stereocenters. The Hall–Kier alpha value is -2.65. The first-order valence-corrected chi connectivity index (χ1v) is 7.15. The van der Waals surface area contributed by atoms with Crippen molar-refractivity contribution in [1.82, 2.24) is 9.97 Å². The van der Waals surface area contributed by atoms with Crippen molar-refractivity contribution in [2.45, 2.75) is 26.4 Å². The minimum Gasteiger partial charge on any atom is -0.382 e. The molecule has 0 saturated heterocycles. The van der Waals surface area contributed by atoms with Crippen LogP contribution in [0.2, 0.25) is 0 Å². The maximum absolute atomic E-state index is 9.25. The third kappa shape index (κ3) is 3.71. The maximum atomic E-state index is 9.25. The zero-order valence-corrected chi connectivity index (χ0v) is 12.5. The van der Waals surface area contributed by atoms with Crippen molar-refractivity contribution in [2.75, 3.05) is 18.1 Å². The van der Waals surface area contributed by atoms with E-state index < -0.39 is 0 Å². The van der Waals surface area contributed by atoms with E-state index in [9.17, 15) is 5.26 Å². The molecule has 2 aromatic rings. The summed E-state index contributed by atoms with van der Waals surface area (Å²) in [5, 5.41) is 9.25. The van der Waals surface area contributed by atoms with Crippen LogP contribution >= 0.6 is 0 Å². The van der Waals surface area contributed by atoms with Gasteiger partial charge in [-0.1, -0.05) is 31.5 Å². The molecular weight excluding hydrogens is 278 g/mol. The number of nitrogen functional groups attached to an aromatic ring is 2. The van der Waals surface area contributed by atoms with Crippen molar-refractivity contribution in [3.8, 4) is 17.3 Å². The first-order chi connectivity index (χ1) is 10.7. The topological polar surface area (TPSA) is 111 Å². The van der Waals surface area contributed by atoms with E-state index in [1.807, 2.05) is 30.3 Å². The van der Waals surface area contributed by atoms with E-state index in [2.05, 4.69) is 16.9 Å². The molecule has 6 nitrogen and oxygen atoms in total. The fourth-order valence-electron chi connectivity index (χ4n) is 2.06. The highest BCUT2D eigenvalue weighted by molar-refractivity contribution is 5.73. The van der Waals surface area contributed by atoms with Crippen LogP contribution in [0, 0.1) is 11.3 Å². The fraction of sp³-hybridized carbons (Fsp3) is 0.312. The molecule has 0 fully saturated rings. The van der Waals surface area contributed by atoms with Crippen LogP contribution in [0.25, 0.3) is 11.3 Å². The lowest BCUT2D eigenvalue weighted by Crippen LogP contribution is -2.05. The zero-order chi connectivity index (χ0) is 15.9. The van der Waals surface area contributed by atoms with Gasteiger partial charge < -0.3 is 16.2 Å². The molecule has 0 atom stereocenters. The number of nitriles is 1. The number of rotatable bonds is 6. The number of benzene rings is 1. The molecule has 1 heterocycles. The van der Waals surface area contributed by atoms with E-state index in [1.165, 1.54) is 0 Å². The number of anilines is 2. The van der Waals surface area contributed by atoms with Gasteiger partial charge >= 0.3 is 0 Å². The van der Waals surface area contributed by atoms with Crippen molar-refractivity contribution in [2.24, 2.45) is 0 Å². The maximum Gasteiger partial charge on any atom is 0.222 e. The van der Waals surface area contributed by atoms with Crippen LogP contribution in [0.15, 0.2) is 24.3 Å². The molecule has 0 bridgehead atoms. The third-order valence-corrected chi connectivity index (χ3v) is 3.18. The minimum atomic E-state index is 0.0519. The van der Waals surface area contributed by atoms with Gasteiger partial charge in [-0.15, -0.1) is 0 Å². The molecular formula is C16H19N5O. The summed E-state index contributed by atoms with van der Waals surface area (Å²) in [4.78, 5) is 7.97. The Labute approximate surface area is 129 Å². The highest BCUT2D eigenvalue weighted by Crippen LogP contribution is 2.26. The summed E-state index contributed by atoms with van der Waals surface area (Å²) in [6, 6.07) is 9.68. The lowest BCUT2D eigenvalue weighted by molar-refractivity contribution is 0.118. The molecule has 0 aliphatic rings. The fourth-order valence-corrected chi connectivity index (χ4v) is 2.06. The number of unbranched alkanes of at least 4 members (excludes halogenated alkanes) is 1. The number of aromatic nitrogens is 2. The molecule has 4 N–H and O–H groups in total. The molecule has 0 amide bonds. The van der Waals surface area contributed by atoms with Crippen LogP contribution in [0.1, 0.15) is 30.9 Å². The normalized spacial score (nSPS) is 10.4. The van der Waals surface area contributed by atoms with Crippen LogP contribution in [0.4, 0.5) is 11.8 Å². The van der Waals surface area contributed by atoms with Crippen LogP contribution < -0.4 is 11.5 Å². The third-order valence-electron chi connectivity index (χ3n) is 3.18. The van der Waals surface area contributed by atoms with Crippen LogP contribution in [0.5, 0.6) is 0 Å². The van der Waals surface area contributed by atoms with Gasteiger partial charge in [-0.2, -0.15) is 10.2 Å². The van der Waals surface area contributed by atoms with Gasteiger partial charge in [0.05, 0.1) is 12.3 Å². The van der Waals surface area contributed by atoms with E-state index >= 15 is 0 Å². The second kappa shape index (κ2) is 7.38. The highest BCUT2D eigenvalue weighted by atomic mass is 16.5. The average Bonchev–Trinajstić information content (AvgIpc) is 2.51. The second-order valence-electron chi connectivity index (χ2n) is 4.91. The molecule has 0 aliphatic carbocycles. The van der Waals surface area contributed by atoms with Gasteiger partial charge in [0.2, 0.25) is 5.95 Å². The van der Waals surface area contributed by atoms with Crippen LogP contribution in [-0.4, -0.2) is 16.6 Å². The first-order valence-electron chi connectivity index (χ1n) is 7.15. The largest absolute Gasteiger partial charge is 0.382 e. The number of hydrogen-bond acceptors (Lipinski definition) is 6. The van der Waals surface area contributed by atoms with Gasteiger partial charge in [-0.25, -0.2) is 4.98 Å². The Morgan fingerprint density at radius 1 is 1.27 bits per heavy atom. The van der Waals surface area contributed by atoms with E-state index in [1.54, 1.807) is 0 Å². The molecule has 0 aliphatic heterocycles. The lowest BCUT2D eigenvalue weighted by atomic mass is 10.0. The van der Waals surface area contributed by atoms with Crippen molar-refractivity contribution >= 4 is 11.8 Å². The van der Waals surface area contributed by atoms with Crippen molar-refractivity contribution in [3.63, 3.8) is 0 Å². The molecule has 1 aromatic heterocycles. The number of nitrogens with zero attached hydrogens (tertiary/aromatic N) is 3. The van der Waals surface area contributed by atoms with Gasteiger partial charge in [-0.3, -0.25) is 0 Å². The lowest BCUT2D eigenvalue weighted by Gasteiger charge is -2.09. The van der Waals surface area contributed by atoms with Gasteiger partial charge in [0.15, 0.2) is 0 Å². The average molecular weight is 297 g/mol.